The van der Waals surface area contributed by atoms with Crippen molar-refractivity contribution in [3.8, 4) is 11.1 Å². The van der Waals surface area contributed by atoms with Gasteiger partial charge in [0.1, 0.15) is 0 Å². The van der Waals surface area contributed by atoms with Crippen LogP contribution >= 0.6 is 11.6 Å². The van der Waals surface area contributed by atoms with E-state index in [0.717, 1.165) is 10.6 Å². The predicted molar refractivity (Wildman–Crippen MR) is 66.4 cm³/mol. The molecule has 0 spiro atoms. The van der Waals surface area contributed by atoms with Crippen molar-refractivity contribution in [3.05, 3.63) is 58.6 Å². The van der Waals surface area contributed by atoms with Crippen LogP contribution in [-0.4, -0.2) is 0 Å². The van der Waals surface area contributed by atoms with E-state index >= 15 is 0 Å². The SMILES string of the molecule is Cc1cc(-c2ccccc2C)ccc1Cl. The fourth-order valence-electron chi connectivity index (χ4n) is 1.71. The molecule has 76 valence electrons. The van der Waals surface area contributed by atoms with E-state index in [1.807, 2.05) is 13.0 Å². The van der Waals surface area contributed by atoms with E-state index in [0.29, 0.717) is 0 Å². The molecule has 0 bridgehead atoms. The molecule has 0 aliphatic carbocycles. The van der Waals surface area contributed by atoms with E-state index in [4.69, 9.17) is 11.6 Å². The van der Waals surface area contributed by atoms with Gasteiger partial charge in [-0.05, 0) is 48.2 Å². The highest BCUT2D eigenvalue weighted by Crippen LogP contribution is 2.26. The van der Waals surface area contributed by atoms with Crippen molar-refractivity contribution in [3.63, 3.8) is 0 Å². The Hall–Kier alpha value is -1.27. The molecule has 0 fully saturated rings. The predicted octanol–water partition coefficient (Wildman–Crippen LogP) is 4.62. The van der Waals surface area contributed by atoms with E-state index in [1.54, 1.807) is 0 Å². The summed E-state index contributed by atoms with van der Waals surface area (Å²) in [7, 11) is 0. The van der Waals surface area contributed by atoms with Gasteiger partial charge < -0.3 is 0 Å². The summed E-state index contributed by atoms with van der Waals surface area (Å²) >= 11 is 6.01. The third-order valence-corrected chi connectivity index (χ3v) is 3.04. The smallest absolute Gasteiger partial charge is 0.0435 e. The van der Waals surface area contributed by atoms with Crippen molar-refractivity contribution in [2.24, 2.45) is 0 Å². The maximum atomic E-state index is 6.01. The summed E-state index contributed by atoms with van der Waals surface area (Å²) in [5.41, 5.74) is 4.92. The zero-order chi connectivity index (χ0) is 10.8. The molecule has 0 aliphatic heterocycles. The molecule has 0 saturated heterocycles. The lowest BCUT2D eigenvalue weighted by molar-refractivity contribution is 1.42. The third-order valence-electron chi connectivity index (χ3n) is 2.61. The van der Waals surface area contributed by atoms with E-state index in [1.165, 1.54) is 16.7 Å². The lowest BCUT2D eigenvalue weighted by atomic mass is 9.99. The molecule has 0 atom stereocenters. The summed E-state index contributed by atoms with van der Waals surface area (Å²) in [5, 5.41) is 0.826. The molecule has 0 aliphatic rings. The molecule has 1 heteroatoms. The summed E-state index contributed by atoms with van der Waals surface area (Å²) in [6.45, 7) is 4.16. The largest absolute Gasteiger partial charge is 0.0841 e. The highest BCUT2D eigenvalue weighted by molar-refractivity contribution is 6.31. The van der Waals surface area contributed by atoms with Gasteiger partial charge in [0.05, 0.1) is 0 Å². The van der Waals surface area contributed by atoms with Gasteiger partial charge in [0.15, 0.2) is 0 Å². The highest BCUT2D eigenvalue weighted by Gasteiger charge is 2.02. The summed E-state index contributed by atoms with van der Waals surface area (Å²) in [6.07, 6.45) is 0. The van der Waals surface area contributed by atoms with Crippen LogP contribution in [0.2, 0.25) is 5.02 Å². The van der Waals surface area contributed by atoms with Gasteiger partial charge in [0.2, 0.25) is 0 Å². The molecule has 0 N–H and O–H groups in total. The standard InChI is InChI=1S/C14H13Cl/c1-10-5-3-4-6-13(10)12-7-8-14(15)11(2)9-12/h3-9H,1-2H3. The molecule has 2 rings (SSSR count). The summed E-state index contributed by atoms with van der Waals surface area (Å²) in [6, 6.07) is 14.5. The first-order chi connectivity index (χ1) is 7.18. The maximum absolute atomic E-state index is 6.01. The van der Waals surface area contributed by atoms with Crippen LogP contribution in [0.4, 0.5) is 0 Å². The first-order valence-electron chi connectivity index (χ1n) is 5.00. The molecule has 0 radical (unpaired) electrons. The van der Waals surface area contributed by atoms with Crippen molar-refractivity contribution in [2.75, 3.05) is 0 Å². The fraction of sp³-hybridized carbons (Fsp3) is 0.143. The highest BCUT2D eigenvalue weighted by atomic mass is 35.5. The van der Waals surface area contributed by atoms with Crippen molar-refractivity contribution < 1.29 is 0 Å². The maximum Gasteiger partial charge on any atom is 0.0435 e. The van der Waals surface area contributed by atoms with Gasteiger partial charge in [0, 0.05) is 5.02 Å². The lowest BCUT2D eigenvalue weighted by Gasteiger charge is -2.07. The molecular weight excluding hydrogens is 204 g/mol. The van der Waals surface area contributed by atoms with Crippen LogP contribution in [0.25, 0.3) is 11.1 Å². The molecule has 0 saturated carbocycles. The van der Waals surface area contributed by atoms with Gasteiger partial charge in [-0.15, -0.1) is 0 Å². The van der Waals surface area contributed by atoms with Gasteiger partial charge in [0.25, 0.3) is 0 Å². The summed E-state index contributed by atoms with van der Waals surface area (Å²) in [5.74, 6) is 0. The van der Waals surface area contributed by atoms with Crippen LogP contribution in [0.1, 0.15) is 11.1 Å². The number of rotatable bonds is 1. The van der Waals surface area contributed by atoms with Crippen molar-refractivity contribution >= 4 is 11.6 Å². The molecular formula is C14H13Cl. The Kier molecular flexibility index (Phi) is 2.79. The Balaban J connectivity index is 2.55. The Bertz CT molecular complexity index is 486. The fourth-order valence-corrected chi connectivity index (χ4v) is 1.83. The van der Waals surface area contributed by atoms with Crippen molar-refractivity contribution in [1.29, 1.82) is 0 Å². The van der Waals surface area contributed by atoms with Crippen LogP contribution < -0.4 is 0 Å². The number of hydrogen-bond acceptors (Lipinski definition) is 0. The Labute approximate surface area is 95.5 Å². The topological polar surface area (TPSA) is 0 Å². The number of benzene rings is 2. The average molecular weight is 217 g/mol. The van der Waals surface area contributed by atoms with E-state index in [-0.39, 0.29) is 0 Å². The molecule has 15 heavy (non-hydrogen) atoms. The minimum absolute atomic E-state index is 0.826. The molecule has 0 aromatic heterocycles. The summed E-state index contributed by atoms with van der Waals surface area (Å²) in [4.78, 5) is 0. The van der Waals surface area contributed by atoms with E-state index in [2.05, 4.69) is 43.3 Å². The van der Waals surface area contributed by atoms with Crippen LogP contribution in [0.3, 0.4) is 0 Å². The van der Waals surface area contributed by atoms with Gasteiger partial charge in [-0.2, -0.15) is 0 Å². The van der Waals surface area contributed by atoms with Crippen LogP contribution in [-0.2, 0) is 0 Å². The summed E-state index contributed by atoms with van der Waals surface area (Å²) < 4.78 is 0. The molecule has 0 amide bonds. The van der Waals surface area contributed by atoms with Crippen LogP contribution in [0.15, 0.2) is 42.5 Å². The normalized spacial score (nSPS) is 10.3. The average Bonchev–Trinajstić information content (AvgIpc) is 2.23. The molecule has 0 heterocycles. The first kappa shape index (κ1) is 10.3. The van der Waals surface area contributed by atoms with Crippen LogP contribution in [0.5, 0.6) is 0 Å². The zero-order valence-electron chi connectivity index (χ0n) is 8.92. The van der Waals surface area contributed by atoms with Crippen molar-refractivity contribution in [2.45, 2.75) is 13.8 Å². The molecule has 0 nitrogen and oxygen atoms in total. The zero-order valence-corrected chi connectivity index (χ0v) is 9.68. The Morgan fingerprint density at radius 2 is 1.60 bits per heavy atom. The molecule has 2 aromatic carbocycles. The first-order valence-corrected chi connectivity index (χ1v) is 5.38. The lowest BCUT2D eigenvalue weighted by Crippen LogP contribution is -1.84. The van der Waals surface area contributed by atoms with Crippen molar-refractivity contribution in [1.82, 2.24) is 0 Å². The second kappa shape index (κ2) is 4.08. The van der Waals surface area contributed by atoms with E-state index < -0.39 is 0 Å². The quantitative estimate of drug-likeness (QED) is 0.652. The minimum Gasteiger partial charge on any atom is -0.0841 e. The Morgan fingerprint density at radius 3 is 2.27 bits per heavy atom. The van der Waals surface area contributed by atoms with Gasteiger partial charge >= 0.3 is 0 Å². The van der Waals surface area contributed by atoms with Crippen LogP contribution in [0, 0.1) is 13.8 Å². The third kappa shape index (κ3) is 2.05. The van der Waals surface area contributed by atoms with Gasteiger partial charge in [-0.1, -0.05) is 41.9 Å². The molecule has 2 aromatic rings. The minimum atomic E-state index is 0.826. The monoisotopic (exact) mass is 216 g/mol. The van der Waals surface area contributed by atoms with Gasteiger partial charge in [-0.3, -0.25) is 0 Å². The van der Waals surface area contributed by atoms with Gasteiger partial charge in [-0.25, -0.2) is 0 Å². The second-order valence-electron chi connectivity index (χ2n) is 3.78. The molecule has 0 unspecified atom stereocenters. The number of aryl methyl sites for hydroxylation is 2. The number of hydrogen-bond donors (Lipinski definition) is 0. The second-order valence-corrected chi connectivity index (χ2v) is 4.19. The van der Waals surface area contributed by atoms with E-state index in [9.17, 15) is 0 Å². The Morgan fingerprint density at radius 1 is 0.867 bits per heavy atom. The number of halogens is 1.